The Labute approximate surface area is 321 Å². The second-order valence-corrected chi connectivity index (χ2v) is 17.5. The minimum atomic E-state index is -3.40. The van der Waals surface area contributed by atoms with Gasteiger partial charge in [0.2, 0.25) is 0 Å². The van der Waals surface area contributed by atoms with Gasteiger partial charge in [-0.25, -0.2) is 4.57 Å². The Bertz CT molecular complexity index is 681. The summed E-state index contributed by atoms with van der Waals surface area (Å²) >= 11 is 0. The minimum Gasteiger partial charge on any atom is -0.303 e. The van der Waals surface area contributed by atoms with E-state index in [0.29, 0.717) is 6.61 Å². The lowest BCUT2D eigenvalue weighted by molar-refractivity contribution is 0.142. The minimum absolute atomic E-state index is 0.400. The van der Waals surface area contributed by atoms with Crippen molar-refractivity contribution in [2.45, 2.75) is 226 Å². The molecule has 0 amide bonds. The maximum Gasteiger partial charge on any atom is 0.474 e. The van der Waals surface area contributed by atoms with Crippen molar-refractivity contribution in [3.05, 3.63) is 0 Å². The first kappa shape index (κ1) is 51.0. The average Bonchev–Trinajstić information content (AvgIpc) is 3.14. The second kappa shape index (κ2) is 41.2. The second-order valence-electron chi connectivity index (χ2n) is 15.6. The van der Waals surface area contributed by atoms with Crippen LogP contribution in [0.3, 0.4) is 0 Å². The molecule has 0 atom stereocenters. The van der Waals surface area contributed by atoms with Gasteiger partial charge in [-0.3, -0.25) is 13.6 Å². The Morgan fingerprint density at radius 2 is 0.569 bits per heavy atom. The Balaban J connectivity index is 4.72. The van der Waals surface area contributed by atoms with Crippen LogP contribution in [0, 0.1) is 0 Å². The molecule has 0 saturated heterocycles. The highest BCUT2D eigenvalue weighted by molar-refractivity contribution is 7.48. The fourth-order valence-corrected chi connectivity index (χ4v) is 8.01. The van der Waals surface area contributed by atoms with Crippen LogP contribution in [-0.2, 0) is 18.1 Å². The number of unbranched alkanes of at least 4 members (excludes halogenated alkanes) is 27. The highest BCUT2D eigenvalue weighted by Gasteiger charge is 2.22. The van der Waals surface area contributed by atoms with Crippen molar-refractivity contribution in [2.24, 2.45) is 0 Å². The van der Waals surface area contributed by atoms with Crippen LogP contribution in [0.1, 0.15) is 226 Å². The SMILES string of the molecule is CCCCCCCCCCCCN(CCCCCCCCCCCC)CCCN(CCCCCCCCCCCC)CCCOP(=O)(OC)OC. The smallest absolute Gasteiger partial charge is 0.303 e. The molecule has 0 rings (SSSR count). The van der Waals surface area contributed by atoms with Crippen molar-refractivity contribution in [1.82, 2.24) is 9.80 Å². The molecule has 0 spiro atoms. The van der Waals surface area contributed by atoms with E-state index in [9.17, 15) is 4.57 Å². The van der Waals surface area contributed by atoms with Crippen molar-refractivity contribution in [3.63, 3.8) is 0 Å². The molecule has 0 aromatic rings. The fraction of sp³-hybridized carbons (Fsp3) is 1.00. The number of nitrogens with zero attached hydrogens (tertiary/aromatic N) is 2. The first-order chi connectivity index (χ1) is 25.0. The van der Waals surface area contributed by atoms with Crippen LogP contribution in [0.4, 0.5) is 0 Å². The van der Waals surface area contributed by atoms with E-state index in [2.05, 4.69) is 30.6 Å². The molecule has 0 aliphatic rings. The van der Waals surface area contributed by atoms with E-state index < -0.39 is 7.82 Å². The molecule has 7 heteroatoms. The fourth-order valence-electron chi connectivity index (χ4n) is 7.30. The molecule has 0 saturated carbocycles. The summed E-state index contributed by atoms with van der Waals surface area (Å²) in [6.45, 7) is 14.3. The zero-order valence-electron chi connectivity index (χ0n) is 35.6. The van der Waals surface area contributed by atoms with E-state index in [0.717, 1.165) is 26.1 Å². The van der Waals surface area contributed by atoms with E-state index in [1.165, 1.54) is 233 Å². The Morgan fingerprint density at radius 3 is 0.843 bits per heavy atom. The van der Waals surface area contributed by atoms with Crippen molar-refractivity contribution in [1.29, 1.82) is 0 Å². The van der Waals surface area contributed by atoms with Crippen molar-refractivity contribution < 1.29 is 18.1 Å². The molecule has 0 aliphatic heterocycles. The Morgan fingerprint density at radius 1 is 0.333 bits per heavy atom. The molecule has 0 aromatic carbocycles. The van der Waals surface area contributed by atoms with E-state index >= 15 is 0 Å². The van der Waals surface area contributed by atoms with Crippen LogP contribution in [0.2, 0.25) is 0 Å². The number of phosphoric ester groups is 1. The van der Waals surface area contributed by atoms with Gasteiger partial charge in [-0.15, -0.1) is 0 Å². The molecular formula is C44H93N2O4P. The van der Waals surface area contributed by atoms with Crippen LogP contribution in [0.25, 0.3) is 0 Å². The predicted molar refractivity (Wildman–Crippen MR) is 225 cm³/mol. The van der Waals surface area contributed by atoms with E-state index in [1.807, 2.05) is 0 Å². The maximum atomic E-state index is 12.3. The van der Waals surface area contributed by atoms with Crippen LogP contribution in [-0.4, -0.2) is 69.9 Å². The summed E-state index contributed by atoms with van der Waals surface area (Å²) in [5.41, 5.74) is 0. The van der Waals surface area contributed by atoms with Crippen molar-refractivity contribution >= 4 is 7.82 Å². The third-order valence-corrected chi connectivity index (χ3v) is 12.1. The summed E-state index contributed by atoms with van der Waals surface area (Å²) in [6, 6.07) is 0. The molecule has 0 unspecified atom stereocenters. The molecule has 0 fully saturated rings. The summed E-state index contributed by atoms with van der Waals surface area (Å²) < 4.78 is 27.8. The maximum absolute atomic E-state index is 12.3. The average molecular weight is 745 g/mol. The topological polar surface area (TPSA) is 51.2 Å². The van der Waals surface area contributed by atoms with Crippen LogP contribution >= 0.6 is 7.82 Å². The normalized spacial score (nSPS) is 12.2. The van der Waals surface area contributed by atoms with Gasteiger partial charge in [0.1, 0.15) is 0 Å². The van der Waals surface area contributed by atoms with E-state index in [4.69, 9.17) is 13.6 Å². The molecular weight excluding hydrogens is 651 g/mol. The summed E-state index contributed by atoms with van der Waals surface area (Å²) in [5.74, 6) is 0. The zero-order chi connectivity index (χ0) is 37.4. The van der Waals surface area contributed by atoms with Crippen LogP contribution < -0.4 is 0 Å². The van der Waals surface area contributed by atoms with Gasteiger partial charge in [0.05, 0.1) is 6.61 Å². The lowest BCUT2D eigenvalue weighted by Crippen LogP contribution is -2.33. The standard InChI is InChI=1S/C44H93N2O4P/c1-6-9-12-15-18-21-24-27-30-33-38-45(39-34-31-28-25-22-19-16-13-10-7-2)41-36-42-46(43-37-44-50-51(47,48-4)49-5)40-35-32-29-26-23-20-17-14-11-8-3/h6-44H2,1-5H3. The number of hydrogen-bond acceptors (Lipinski definition) is 6. The Hall–Kier alpha value is 0.0300. The van der Waals surface area contributed by atoms with Crippen LogP contribution in [0.5, 0.6) is 0 Å². The third kappa shape index (κ3) is 36.8. The molecule has 6 nitrogen and oxygen atoms in total. The van der Waals surface area contributed by atoms with Gasteiger partial charge >= 0.3 is 7.82 Å². The highest BCUT2D eigenvalue weighted by Crippen LogP contribution is 2.47. The zero-order valence-corrected chi connectivity index (χ0v) is 36.4. The van der Waals surface area contributed by atoms with Gasteiger partial charge < -0.3 is 9.80 Å². The van der Waals surface area contributed by atoms with E-state index in [-0.39, 0.29) is 0 Å². The van der Waals surface area contributed by atoms with Gasteiger partial charge in [-0.2, -0.15) is 0 Å². The molecule has 0 aromatic heterocycles. The van der Waals surface area contributed by atoms with Crippen molar-refractivity contribution in [2.75, 3.05) is 60.1 Å². The van der Waals surface area contributed by atoms with Crippen molar-refractivity contribution in [3.8, 4) is 0 Å². The first-order valence-corrected chi connectivity index (χ1v) is 24.3. The van der Waals surface area contributed by atoms with Gasteiger partial charge in [-0.05, 0) is 64.8 Å². The molecule has 51 heavy (non-hydrogen) atoms. The van der Waals surface area contributed by atoms with Gasteiger partial charge in [0, 0.05) is 20.8 Å². The lowest BCUT2D eigenvalue weighted by atomic mass is 10.1. The quantitative estimate of drug-likeness (QED) is 0.0457. The third-order valence-electron chi connectivity index (χ3n) is 10.7. The molecule has 0 radical (unpaired) electrons. The van der Waals surface area contributed by atoms with Crippen LogP contribution in [0.15, 0.2) is 0 Å². The lowest BCUT2D eigenvalue weighted by Gasteiger charge is -2.26. The highest BCUT2D eigenvalue weighted by atomic mass is 31.2. The number of rotatable bonds is 44. The summed E-state index contributed by atoms with van der Waals surface area (Å²) in [4.78, 5) is 5.43. The summed E-state index contributed by atoms with van der Waals surface area (Å²) in [6.07, 6.45) is 43.9. The van der Waals surface area contributed by atoms with Gasteiger partial charge in [-0.1, -0.05) is 194 Å². The molecule has 0 aliphatic carbocycles. The van der Waals surface area contributed by atoms with Gasteiger partial charge in [0.25, 0.3) is 0 Å². The molecule has 0 heterocycles. The van der Waals surface area contributed by atoms with Gasteiger partial charge in [0.15, 0.2) is 0 Å². The monoisotopic (exact) mass is 745 g/mol. The largest absolute Gasteiger partial charge is 0.474 e. The van der Waals surface area contributed by atoms with E-state index in [1.54, 1.807) is 0 Å². The Kier molecular flexibility index (Phi) is 41.2. The summed E-state index contributed by atoms with van der Waals surface area (Å²) in [7, 11) is -0.624. The predicted octanol–water partition coefficient (Wildman–Crippen LogP) is 14.6. The molecule has 0 N–H and O–H groups in total. The molecule has 0 bridgehead atoms. The number of phosphoric acid groups is 1. The first-order valence-electron chi connectivity index (χ1n) is 22.9. The number of hydrogen-bond donors (Lipinski definition) is 0. The summed E-state index contributed by atoms with van der Waals surface area (Å²) in [5, 5.41) is 0. The molecule has 308 valence electrons.